The first-order valence-corrected chi connectivity index (χ1v) is 6.23. The summed E-state index contributed by atoms with van der Waals surface area (Å²) < 4.78 is 14.0. The van der Waals surface area contributed by atoms with Gasteiger partial charge in [-0.05, 0) is 12.1 Å². The number of esters is 1. The van der Waals surface area contributed by atoms with Crippen LogP contribution in [0.25, 0.3) is 0 Å². The predicted molar refractivity (Wildman–Crippen MR) is 69.7 cm³/mol. The van der Waals surface area contributed by atoms with Crippen LogP contribution in [0.5, 0.6) is 10.8 Å². The number of carbonyl (C=O) groups is 1. The molecule has 1 aromatic carbocycles. The number of rotatable bonds is 3. The molecule has 0 aliphatic rings. The normalized spacial score (nSPS) is 9.74. The number of methoxy groups -OCH3 is 1. The molecule has 0 N–H and O–H groups in total. The Morgan fingerprint density at radius 2 is 2.21 bits per heavy atom. The lowest BCUT2D eigenvalue weighted by molar-refractivity contribution is 0.0598. The van der Waals surface area contributed by atoms with E-state index in [2.05, 4.69) is 9.11 Å². The van der Waals surface area contributed by atoms with E-state index in [1.165, 1.54) is 7.11 Å². The molecule has 19 heavy (non-hydrogen) atoms. The van der Waals surface area contributed by atoms with Gasteiger partial charge >= 0.3 is 5.97 Å². The average Bonchev–Trinajstić information content (AvgIpc) is 2.79. The number of para-hydroxylation sites is 1. The summed E-state index contributed by atoms with van der Waals surface area (Å²) in [6.45, 7) is 0. The van der Waals surface area contributed by atoms with Crippen LogP contribution in [0.1, 0.15) is 15.9 Å². The zero-order valence-electron chi connectivity index (χ0n) is 9.71. The molecule has 0 radical (unpaired) electrons. The van der Waals surface area contributed by atoms with Crippen molar-refractivity contribution < 1.29 is 14.3 Å². The molecule has 0 amide bonds. The highest BCUT2D eigenvalue weighted by atomic mass is 35.5. The van der Waals surface area contributed by atoms with Crippen molar-refractivity contribution in [1.82, 2.24) is 4.37 Å². The molecule has 5 nitrogen and oxygen atoms in total. The molecule has 0 unspecified atom stereocenters. The second kappa shape index (κ2) is 5.69. The zero-order valence-corrected chi connectivity index (χ0v) is 11.3. The van der Waals surface area contributed by atoms with E-state index in [1.807, 2.05) is 6.07 Å². The van der Waals surface area contributed by atoms with E-state index >= 15 is 0 Å². The highest BCUT2D eigenvalue weighted by Crippen LogP contribution is 2.35. The van der Waals surface area contributed by atoms with Gasteiger partial charge in [-0.1, -0.05) is 23.7 Å². The molecule has 0 aliphatic heterocycles. The average molecular weight is 295 g/mol. The molecule has 1 heterocycles. The second-order valence-corrected chi connectivity index (χ2v) is 4.43. The number of ether oxygens (including phenoxy) is 2. The highest BCUT2D eigenvalue weighted by molar-refractivity contribution is 7.08. The minimum Gasteiger partial charge on any atom is -0.465 e. The number of nitrogens with zero attached hydrogens (tertiary/aromatic N) is 2. The topological polar surface area (TPSA) is 72.2 Å². The van der Waals surface area contributed by atoms with Crippen molar-refractivity contribution in [3.05, 3.63) is 40.5 Å². The number of benzene rings is 1. The molecule has 0 atom stereocenters. The Hall–Kier alpha value is -2.10. The Morgan fingerprint density at radius 3 is 2.89 bits per heavy atom. The maximum atomic E-state index is 11.6. The van der Waals surface area contributed by atoms with Crippen LogP contribution in [-0.4, -0.2) is 17.5 Å². The first-order chi connectivity index (χ1) is 9.17. The SMILES string of the molecule is COC(=O)c1ccccc1Oc1snc(Cl)c1C#N. The molecule has 0 saturated carbocycles. The van der Waals surface area contributed by atoms with Crippen molar-refractivity contribution in [2.45, 2.75) is 0 Å². The van der Waals surface area contributed by atoms with E-state index in [0.29, 0.717) is 0 Å². The van der Waals surface area contributed by atoms with Crippen LogP contribution in [0.3, 0.4) is 0 Å². The molecule has 0 spiro atoms. The van der Waals surface area contributed by atoms with Crippen LogP contribution in [0.2, 0.25) is 5.15 Å². The van der Waals surface area contributed by atoms with E-state index in [1.54, 1.807) is 24.3 Å². The standard InChI is InChI=1S/C12H7ClN2O3S/c1-17-11(16)7-4-2-3-5-9(7)18-12-8(6-14)10(13)15-19-12/h2-5H,1H3. The van der Waals surface area contributed by atoms with E-state index < -0.39 is 5.97 Å². The van der Waals surface area contributed by atoms with Gasteiger partial charge < -0.3 is 9.47 Å². The van der Waals surface area contributed by atoms with Crippen LogP contribution in [0.15, 0.2) is 24.3 Å². The molecule has 0 saturated heterocycles. The minimum atomic E-state index is -0.523. The van der Waals surface area contributed by atoms with Gasteiger partial charge in [-0.15, -0.1) is 0 Å². The van der Waals surface area contributed by atoms with Crippen LogP contribution in [0, 0.1) is 11.3 Å². The fourth-order valence-electron chi connectivity index (χ4n) is 1.35. The summed E-state index contributed by atoms with van der Waals surface area (Å²) in [4.78, 5) is 11.6. The Bertz CT molecular complexity index is 663. The van der Waals surface area contributed by atoms with Crippen molar-refractivity contribution >= 4 is 29.1 Å². The summed E-state index contributed by atoms with van der Waals surface area (Å²) in [6.07, 6.45) is 0. The van der Waals surface area contributed by atoms with E-state index in [-0.39, 0.29) is 27.1 Å². The van der Waals surface area contributed by atoms with Gasteiger partial charge in [-0.2, -0.15) is 9.64 Å². The predicted octanol–water partition coefficient (Wildman–Crippen LogP) is 3.25. The Labute approximate surface area is 118 Å². The van der Waals surface area contributed by atoms with Gasteiger partial charge in [0.1, 0.15) is 22.9 Å². The van der Waals surface area contributed by atoms with Gasteiger partial charge in [-0.25, -0.2) is 4.79 Å². The maximum absolute atomic E-state index is 11.6. The molecule has 1 aromatic heterocycles. The minimum absolute atomic E-state index is 0.0815. The van der Waals surface area contributed by atoms with Crippen LogP contribution in [0.4, 0.5) is 0 Å². The lowest BCUT2D eigenvalue weighted by atomic mass is 10.2. The summed E-state index contributed by atoms with van der Waals surface area (Å²) >= 11 is 6.69. The third-order valence-electron chi connectivity index (χ3n) is 2.23. The number of aromatic nitrogens is 1. The van der Waals surface area contributed by atoms with Gasteiger partial charge in [0.2, 0.25) is 5.06 Å². The first-order valence-electron chi connectivity index (χ1n) is 5.07. The van der Waals surface area contributed by atoms with Crippen LogP contribution < -0.4 is 4.74 Å². The van der Waals surface area contributed by atoms with Crippen LogP contribution >= 0.6 is 23.1 Å². The summed E-state index contributed by atoms with van der Waals surface area (Å²) in [5.41, 5.74) is 0.407. The van der Waals surface area contributed by atoms with E-state index in [4.69, 9.17) is 21.6 Å². The number of nitriles is 1. The van der Waals surface area contributed by atoms with Crippen molar-refractivity contribution in [2.24, 2.45) is 0 Å². The van der Waals surface area contributed by atoms with Gasteiger partial charge in [0.25, 0.3) is 0 Å². The molecular weight excluding hydrogens is 288 g/mol. The van der Waals surface area contributed by atoms with E-state index in [0.717, 1.165) is 11.5 Å². The molecular formula is C12H7ClN2O3S. The Kier molecular flexibility index (Phi) is 4.00. The number of halogens is 1. The quantitative estimate of drug-likeness (QED) is 0.813. The first kappa shape index (κ1) is 13.3. The van der Waals surface area contributed by atoms with Gasteiger partial charge in [0.15, 0.2) is 5.15 Å². The number of hydrogen-bond donors (Lipinski definition) is 0. The second-order valence-electron chi connectivity index (χ2n) is 3.34. The van der Waals surface area contributed by atoms with E-state index in [9.17, 15) is 4.79 Å². The number of hydrogen-bond acceptors (Lipinski definition) is 6. The fraction of sp³-hybridized carbons (Fsp3) is 0.0833. The highest BCUT2D eigenvalue weighted by Gasteiger charge is 2.18. The maximum Gasteiger partial charge on any atom is 0.341 e. The van der Waals surface area contributed by atoms with Crippen molar-refractivity contribution in [3.63, 3.8) is 0 Å². The molecule has 7 heteroatoms. The summed E-state index contributed by atoms with van der Waals surface area (Å²) in [5, 5.41) is 9.27. The zero-order chi connectivity index (χ0) is 13.8. The molecule has 2 rings (SSSR count). The summed E-state index contributed by atoms with van der Waals surface area (Å²) in [5.74, 6) is -0.240. The van der Waals surface area contributed by atoms with Crippen molar-refractivity contribution in [3.8, 4) is 16.9 Å². The summed E-state index contributed by atoms with van der Waals surface area (Å²) in [6, 6.07) is 8.45. The Morgan fingerprint density at radius 1 is 1.47 bits per heavy atom. The largest absolute Gasteiger partial charge is 0.465 e. The molecule has 0 bridgehead atoms. The third kappa shape index (κ3) is 2.67. The van der Waals surface area contributed by atoms with Crippen molar-refractivity contribution in [1.29, 1.82) is 5.26 Å². The van der Waals surface area contributed by atoms with Crippen molar-refractivity contribution in [2.75, 3.05) is 7.11 Å². The molecule has 0 aliphatic carbocycles. The molecule has 0 fully saturated rings. The van der Waals surface area contributed by atoms with Crippen LogP contribution in [-0.2, 0) is 4.74 Å². The Balaban J connectivity index is 2.39. The lowest BCUT2D eigenvalue weighted by Crippen LogP contribution is -2.03. The molecule has 2 aromatic rings. The smallest absolute Gasteiger partial charge is 0.341 e. The fourth-order valence-corrected chi connectivity index (χ4v) is 2.26. The van der Waals surface area contributed by atoms with Gasteiger partial charge in [0.05, 0.1) is 7.11 Å². The summed E-state index contributed by atoms with van der Waals surface area (Å²) in [7, 11) is 1.28. The van der Waals surface area contributed by atoms with Gasteiger partial charge in [0, 0.05) is 11.5 Å². The lowest BCUT2D eigenvalue weighted by Gasteiger charge is -2.07. The van der Waals surface area contributed by atoms with Gasteiger partial charge in [-0.3, -0.25) is 0 Å². The third-order valence-corrected chi connectivity index (χ3v) is 3.33. The monoisotopic (exact) mass is 294 g/mol. The molecule has 96 valence electrons. The number of carbonyl (C=O) groups excluding carboxylic acids is 1.